The first-order valence-electron chi connectivity index (χ1n) is 9.23. The van der Waals surface area contributed by atoms with Crippen LogP contribution in [-0.2, 0) is 19.1 Å². The SMILES string of the molecule is CCN(CC(F)F)[C@H](C(N)=O)C(=O)Nc1ccc(N2CCOCC2=O)cc1OC(F)F. The van der Waals surface area contributed by atoms with E-state index in [4.69, 9.17) is 10.5 Å². The second-order valence-electron chi connectivity index (χ2n) is 6.43. The van der Waals surface area contributed by atoms with Gasteiger partial charge in [-0.1, -0.05) is 6.92 Å². The number of hydrogen-bond donors (Lipinski definition) is 2. The molecule has 1 aromatic rings. The average molecular weight is 450 g/mol. The van der Waals surface area contributed by atoms with Crippen molar-refractivity contribution in [1.82, 2.24) is 4.90 Å². The molecule has 31 heavy (non-hydrogen) atoms. The number of alkyl halides is 4. The lowest BCUT2D eigenvalue weighted by Gasteiger charge is -2.28. The van der Waals surface area contributed by atoms with Crippen LogP contribution < -0.4 is 20.7 Å². The van der Waals surface area contributed by atoms with Gasteiger partial charge < -0.3 is 25.4 Å². The Morgan fingerprint density at radius 2 is 2.03 bits per heavy atom. The minimum atomic E-state index is -3.26. The molecule has 3 N–H and O–H groups in total. The van der Waals surface area contributed by atoms with Gasteiger partial charge in [0, 0.05) is 18.3 Å². The first-order valence-corrected chi connectivity index (χ1v) is 9.23. The number of rotatable bonds is 10. The van der Waals surface area contributed by atoms with Crippen LogP contribution in [0.2, 0.25) is 0 Å². The number of likely N-dealkylation sites (N-methyl/N-ethyl adjacent to an activating group) is 1. The number of anilines is 2. The molecule has 1 aromatic carbocycles. The summed E-state index contributed by atoms with van der Waals surface area (Å²) in [6, 6.07) is 1.91. The minimum Gasteiger partial charge on any atom is -0.433 e. The zero-order valence-corrected chi connectivity index (χ0v) is 16.5. The lowest BCUT2D eigenvalue weighted by molar-refractivity contribution is -0.133. The predicted molar refractivity (Wildman–Crippen MR) is 101 cm³/mol. The van der Waals surface area contributed by atoms with Crippen molar-refractivity contribution in [3.8, 4) is 5.75 Å². The standard InChI is InChI=1S/C18H22F4N4O5/c1-2-25(8-13(19)20)15(16(23)28)17(29)24-11-4-3-10(7-12(11)31-18(21)22)26-5-6-30-9-14(26)27/h3-4,7,13,15,18H,2,5-6,8-9H2,1H3,(H2,23,28)(H,24,29)/t15-/m1/s1. The fraction of sp³-hybridized carbons (Fsp3) is 0.500. The molecule has 2 rings (SSSR count). The second kappa shape index (κ2) is 10.9. The van der Waals surface area contributed by atoms with Crippen LogP contribution in [-0.4, -0.2) is 74.5 Å². The Labute approximate surface area is 175 Å². The maximum absolute atomic E-state index is 12.9. The Morgan fingerprint density at radius 3 is 2.58 bits per heavy atom. The van der Waals surface area contributed by atoms with E-state index in [-0.39, 0.29) is 37.7 Å². The van der Waals surface area contributed by atoms with Crippen LogP contribution in [0.1, 0.15) is 6.92 Å². The summed E-state index contributed by atoms with van der Waals surface area (Å²) >= 11 is 0. The largest absolute Gasteiger partial charge is 0.433 e. The molecule has 1 saturated heterocycles. The quantitative estimate of drug-likeness (QED) is 0.407. The van der Waals surface area contributed by atoms with Crippen LogP contribution in [0.15, 0.2) is 18.2 Å². The zero-order chi connectivity index (χ0) is 23.1. The Kier molecular flexibility index (Phi) is 8.56. The van der Waals surface area contributed by atoms with E-state index >= 15 is 0 Å². The van der Waals surface area contributed by atoms with E-state index in [1.165, 1.54) is 24.0 Å². The zero-order valence-electron chi connectivity index (χ0n) is 16.5. The molecule has 1 fully saturated rings. The molecule has 1 atom stereocenters. The third-order valence-electron chi connectivity index (χ3n) is 4.40. The van der Waals surface area contributed by atoms with E-state index in [1.54, 1.807) is 0 Å². The lowest BCUT2D eigenvalue weighted by atomic mass is 10.1. The average Bonchev–Trinajstić information content (AvgIpc) is 2.68. The number of amides is 3. The molecule has 172 valence electrons. The van der Waals surface area contributed by atoms with Crippen molar-refractivity contribution in [2.45, 2.75) is 26.0 Å². The molecule has 0 bridgehead atoms. The van der Waals surface area contributed by atoms with E-state index in [0.717, 1.165) is 11.0 Å². The molecule has 0 unspecified atom stereocenters. The van der Waals surface area contributed by atoms with Gasteiger partial charge in [-0.15, -0.1) is 0 Å². The fourth-order valence-corrected chi connectivity index (χ4v) is 3.04. The van der Waals surface area contributed by atoms with Crippen molar-refractivity contribution in [2.75, 3.05) is 43.1 Å². The molecule has 13 heteroatoms. The molecule has 9 nitrogen and oxygen atoms in total. The summed E-state index contributed by atoms with van der Waals surface area (Å²) in [4.78, 5) is 38.5. The van der Waals surface area contributed by atoms with Crippen LogP contribution in [0.3, 0.4) is 0 Å². The Hall–Kier alpha value is -2.93. The highest BCUT2D eigenvalue weighted by Gasteiger charge is 2.33. The highest BCUT2D eigenvalue weighted by Crippen LogP contribution is 2.32. The number of halogens is 4. The summed E-state index contributed by atoms with van der Waals surface area (Å²) in [7, 11) is 0. The Morgan fingerprint density at radius 1 is 1.32 bits per heavy atom. The highest BCUT2D eigenvalue weighted by atomic mass is 19.3. The third kappa shape index (κ3) is 6.52. The number of benzene rings is 1. The summed E-state index contributed by atoms with van der Waals surface area (Å²) in [6.07, 6.45) is -2.84. The maximum Gasteiger partial charge on any atom is 0.387 e. The first-order chi connectivity index (χ1) is 14.6. The number of carbonyl (C=O) groups is 3. The van der Waals surface area contributed by atoms with Gasteiger partial charge in [-0.3, -0.25) is 19.3 Å². The van der Waals surface area contributed by atoms with Gasteiger partial charge in [0.05, 0.1) is 18.8 Å². The van der Waals surface area contributed by atoms with Crippen LogP contribution in [0.5, 0.6) is 5.75 Å². The second-order valence-corrected chi connectivity index (χ2v) is 6.43. The van der Waals surface area contributed by atoms with Crippen LogP contribution >= 0.6 is 0 Å². The number of morpholine rings is 1. The Balaban J connectivity index is 2.31. The molecule has 0 aromatic heterocycles. The molecule has 0 aliphatic carbocycles. The molecule has 0 saturated carbocycles. The van der Waals surface area contributed by atoms with Crippen molar-refractivity contribution in [3.05, 3.63) is 18.2 Å². The van der Waals surface area contributed by atoms with Gasteiger partial charge in [-0.05, 0) is 18.7 Å². The molecular weight excluding hydrogens is 428 g/mol. The molecule has 1 aliphatic rings. The normalized spacial score (nSPS) is 15.5. The monoisotopic (exact) mass is 450 g/mol. The molecule has 3 amide bonds. The number of hydrogen-bond acceptors (Lipinski definition) is 6. The highest BCUT2D eigenvalue weighted by molar-refractivity contribution is 6.10. The predicted octanol–water partition coefficient (Wildman–Crippen LogP) is 1.03. The van der Waals surface area contributed by atoms with E-state index in [1.807, 2.05) is 0 Å². The van der Waals surface area contributed by atoms with Crippen molar-refractivity contribution in [2.24, 2.45) is 5.73 Å². The molecule has 0 spiro atoms. The summed E-state index contributed by atoms with van der Waals surface area (Å²) in [6.45, 7) is -2.55. The molecule has 1 aliphatic heterocycles. The number of primary amides is 1. The minimum absolute atomic E-state index is 0.0934. The van der Waals surface area contributed by atoms with Gasteiger partial charge in [-0.25, -0.2) is 8.78 Å². The number of nitrogens with zero attached hydrogens (tertiary/aromatic N) is 2. The van der Waals surface area contributed by atoms with Gasteiger partial charge in [0.15, 0.2) is 11.8 Å². The van der Waals surface area contributed by atoms with E-state index in [0.29, 0.717) is 0 Å². The van der Waals surface area contributed by atoms with Gasteiger partial charge in [0.2, 0.25) is 5.91 Å². The van der Waals surface area contributed by atoms with Gasteiger partial charge in [-0.2, -0.15) is 8.78 Å². The summed E-state index contributed by atoms with van der Waals surface area (Å²) in [5, 5.41) is 2.21. The van der Waals surface area contributed by atoms with Gasteiger partial charge >= 0.3 is 6.61 Å². The molecule has 0 radical (unpaired) electrons. The maximum atomic E-state index is 12.9. The van der Waals surface area contributed by atoms with Crippen molar-refractivity contribution in [3.63, 3.8) is 0 Å². The molecule has 1 heterocycles. The lowest BCUT2D eigenvalue weighted by Crippen LogP contribution is -2.53. The van der Waals surface area contributed by atoms with Crippen molar-refractivity contribution in [1.29, 1.82) is 0 Å². The smallest absolute Gasteiger partial charge is 0.387 e. The number of carbonyl (C=O) groups excluding carboxylic acids is 3. The fourth-order valence-electron chi connectivity index (χ4n) is 3.04. The van der Waals surface area contributed by atoms with Gasteiger partial charge in [0.25, 0.3) is 18.2 Å². The third-order valence-corrected chi connectivity index (χ3v) is 4.40. The number of nitrogens with one attached hydrogen (secondary N) is 1. The summed E-state index contributed by atoms with van der Waals surface area (Å²) < 4.78 is 60.8. The van der Waals surface area contributed by atoms with Crippen LogP contribution in [0.4, 0.5) is 28.9 Å². The summed E-state index contributed by atoms with van der Waals surface area (Å²) in [5.41, 5.74) is 5.17. The number of nitrogens with two attached hydrogens (primary N) is 1. The molecular formula is C18H22F4N4O5. The van der Waals surface area contributed by atoms with Crippen molar-refractivity contribution >= 4 is 29.1 Å². The summed E-state index contributed by atoms with van der Waals surface area (Å²) in [5.74, 6) is -3.16. The van der Waals surface area contributed by atoms with Gasteiger partial charge in [0.1, 0.15) is 6.61 Å². The van der Waals surface area contributed by atoms with Crippen molar-refractivity contribution < 1.29 is 41.4 Å². The van der Waals surface area contributed by atoms with E-state index in [9.17, 15) is 31.9 Å². The number of ether oxygens (including phenoxy) is 2. The van der Waals surface area contributed by atoms with Crippen LogP contribution in [0.25, 0.3) is 0 Å². The van der Waals surface area contributed by atoms with E-state index < -0.39 is 49.1 Å². The topological polar surface area (TPSA) is 114 Å². The van der Waals surface area contributed by atoms with Crippen LogP contribution in [0, 0.1) is 0 Å². The van der Waals surface area contributed by atoms with E-state index in [2.05, 4.69) is 10.1 Å². The first kappa shape index (κ1) is 24.3. The Bertz CT molecular complexity index is 811.